The summed E-state index contributed by atoms with van der Waals surface area (Å²) in [5, 5.41) is 40.6. The zero-order valence-electron chi connectivity index (χ0n) is 16.4. The van der Waals surface area contributed by atoms with Crippen molar-refractivity contribution in [2.75, 3.05) is 20.3 Å². The molecule has 1 heterocycles. The molecule has 1 aliphatic rings. The van der Waals surface area contributed by atoms with Crippen molar-refractivity contribution < 1.29 is 83.3 Å². The minimum atomic E-state index is -1.95. The molecule has 12 nitrogen and oxygen atoms in total. The van der Waals surface area contributed by atoms with E-state index in [0.717, 1.165) is 0 Å². The number of carbonyl (C=O) groups is 2. The summed E-state index contributed by atoms with van der Waals surface area (Å²) in [7, 11) is 1.44. The van der Waals surface area contributed by atoms with Crippen LogP contribution in [0.25, 0.3) is 0 Å². The Bertz CT molecular complexity index is 706. The van der Waals surface area contributed by atoms with E-state index < -0.39 is 55.5 Å². The minimum Gasteiger partial charge on any atom is -0.547 e. The first kappa shape index (κ1) is 26.4. The summed E-state index contributed by atoms with van der Waals surface area (Å²) < 4.78 is 25.8. The van der Waals surface area contributed by atoms with Crippen molar-refractivity contribution in [2.24, 2.45) is 5.73 Å². The van der Waals surface area contributed by atoms with Crippen LogP contribution in [0, 0.1) is 0 Å². The SMILES string of the molecule is COc1ccccc1OCC(COC(N)=O)O[C@@H]1O[C@H](C(=O)[O-])[C@@H](O)[C@H](O)[C@H]1O.[Na+]. The summed E-state index contributed by atoms with van der Waals surface area (Å²) in [5.41, 5.74) is 4.94. The Morgan fingerprint density at radius 2 is 1.77 bits per heavy atom. The van der Waals surface area contributed by atoms with Crippen molar-refractivity contribution in [1.82, 2.24) is 0 Å². The standard InChI is InChI=1S/C17H23NO11.Na/c1-25-9-4-2-3-5-10(9)26-6-8(7-27-17(18)24)28-16-13(21)11(19)12(20)14(29-16)15(22)23;/h2-5,8,11-14,16,19-21H,6-7H2,1H3,(H2,18,24)(H,22,23);/q;+1/p-1/t8?,11-,12-,13+,14-,16+;/m0./s1. The second-order valence-corrected chi connectivity index (χ2v) is 6.07. The average molecular weight is 439 g/mol. The summed E-state index contributed by atoms with van der Waals surface area (Å²) in [6.45, 7) is -0.694. The van der Waals surface area contributed by atoms with Gasteiger partial charge in [0.15, 0.2) is 17.8 Å². The molecular weight excluding hydrogens is 417 g/mol. The number of carbonyl (C=O) groups excluding carboxylic acids is 2. The summed E-state index contributed by atoms with van der Waals surface area (Å²) in [6, 6.07) is 6.64. The molecule has 1 aliphatic heterocycles. The monoisotopic (exact) mass is 439 g/mol. The molecule has 1 fully saturated rings. The third-order valence-electron chi connectivity index (χ3n) is 4.03. The molecule has 1 aromatic rings. The number of para-hydroxylation sites is 2. The van der Waals surface area contributed by atoms with Gasteiger partial charge in [0, 0.05) is 0 Å². The Balaban J connectivity index is 0.00000450. The summed E-state index contributed by atoms with van der Waals surface area (Å²) in [5.74, 6) is -1.07. The third-order valence-corrected chi connectivity index (χ3v) is 4.03. The van der Waals surface area contributed by atoms with Crippen LogP contribution in [-0.4, -0.2) is 84.5 Å². The predicted molar refractivity (Wildman–Crippen MR) is 90.6 cm³/mol. The van der Waals surface area contributed by atoms with Gasteiger partial charge in [0.05, 0.1) is 13.1 Å². The second kappa shape index (κ2) is 12.3. The molecule has 0 saturated carbocycles. The Morgan fingerprint density at radius 3 is 2.33 bits per heavy atom. The molecule has 2 rings (SSSR count). The van der Waals surface area contributed by atoms with Gasteiger partial charge in [0.25, 0.3) is 0 Å². The normalized spacial score (nSPS) is 26.7. The third kappa shape index (κ3) is 6.96. The van der Waals surface area contributed by atoms with Gasteiger partial charge in [-0.3, -0.25) is 0 Å². The number of aliphatic hydroxyl groups is 3. The molecule has 0 aromatic heterocycles. The van der Waals surface area contributed by atoms with Gasteiger partial charge in [-0.2, -0.15) is 0 Å². The Hall–Kier alpha value is -1.64. The van der Waals surface area contributed by atoms with Crippen LogP contribution in [0.1, 0.15) is 0 Å². The number of methoxy groups -OCH3 is 1. The number of benzene rings is 1. The van der Waals surface area contributed by atoms with Crippen LogP contribution in [0.3, 0.4) is 0 Å². The second-order valence-electron chi connectivity index (χ2n) is 6.07. The zero-order valence-corrected chi connectivity index (χ0v) is 18.4. The van der Waals surface area contributed by atoms with Gasteiger partial charge in [0.1, 0.15) is 43.7 Å². The van der Waals surface area contributed by atoms with Crippen LogP contribution in [0.5, 0.6) is 11.5 Å². The number of primary amides is 1. The van der Waals surface area contributed by atoms with Crippen LogP contribution in [0.2, 0.25) is 0 Å². The molecule has 1 unspecified atom stereocenters. The van der Waals surface area contributed by atoms with E-state index in [1.165, 1.54) is 7.11 Å². The Kier molecular flexibility index (Phi) is 10.8. The number of aliphatic hydroxyl groups excluding tert-OH is 3. The van der Waals surface area contributed by atoms with Gasteiger partial charge in [-0.05, 0) is 12.1 Å². The van der Waals surface area contributed by atoms with E-state index in [1.807, 2.05) is 0 Å². The fraction of sp³-hybridized carbons (Fsp3) is 0.529. The molecule has 1 amide bonds. The maximum Gasteiger partial charge on any atom is 1.00 e. The molecule has 5 N–H and O–H groups in total. The van der Waals surface area contributed by atoms with E-state index in [1.54, 1.807) is 24.3 Å². The first-order chi connectivity index (χ1) is 13.7. The smallest absolute Gasteiger partial charge is 0.547 e. The molecule has 0 spiro atoms. The van der Waals surface area contributed by atoms with Gasteiger partial charge in [-0.1, -0.05) is 12.1 Å². The largest absolute Gasteiger partial charge is 1.00 e. The van der Waals surface area contributed by atoms with E-state index in [-0.39, 0.29) is 36.2 Å². The van der Waals surface area contributed by atoms with Crippen molar-refractivity contribution >= 4 is 12.1 Å². The molecule has 1 saturated heterocycles. The molecular formula is C17H22NNaO11. The number of carboxylic acids is 1. The van der Waals surface area contributed by atoms with Crippen LogP contribution >= 0.6 is 0 Å². The molecule has 0 radical (unpaired) electrons. The van der Waals surface area contributed by atoms with Gasteiger partial charge in [-0.15, -0.1) is 0 Å². The fourth-order valence-electron chi connectivity index (χ4n) is 2.57. The predicted octanol–water partition coefficient (Wildman–Crippen LogP) is -5.88. The average Bonchev–Trinajstić information content (AvgIpc) is 2.69. The molecule has 162 valence electrons. The molecule has 0 aliphatic carbocycles. The van der Waals surface area contributed by atoms with Crippen molar-refractivity contribution in [3.8, 4) is 11.5 Å². The van der Waals surface area contributed by atoms with Gasteiger partial charge in [-0.25, -0.2) is 4.79 Å². The van der Waals surface area contributed by atoms with E-state index in [9.17, 15) is 30.0 Å². The number of hydrogen-bond acceptors (Lipinski definition) is 11. The van der Waals surface area contributed by atoms with E-state index >= 15 is 0 Å². The van der Waals surface area contributed by atoms with Crippen LogP contribution in [0.15, 0.2) is 24.3 Å². The summed E-state index contributed by atoms with van der Waals surface area (Å²) in [4.78, 5) is 22.0. The summed E-state index contributed by atoms with van der Waals surface area (Å²) >= 11 is 0. The molecule has 30 heavy (non-hydrogen) atoms. The number of nitrogens with two attached hydrogens (primary N) is 1. The maximum atomic E-state index is 11.1. The number of amides is 1. The number of rotatable bonds is 9. The molecule has 0 bridgehead atoms. The minimum absolute atomic E-state index is 0. The first-order valence-electron chi connectivity index (χ1n) is 8.48. The number of ether oxygens (including phenoxy) is 5. The van der Waals surface area contributed by atoms with E-state index in [4.69, 9.17) is 24.7 Å². The first-order valence-corrected chi connectivity index (χ1v) is 8.48. The molecule has 13 heteroatoms. The van der Waals surface area contributed by atoms with Crippen LogP contribution < -0.4 is 49.9 Å². The number of aliphatic carboxylic acids is 1. The van der Waals surface area contributed by atoms with Gasteiger partial charge in [0.2, 0.25) is 0 Å². The van der Waals surface area contributed by atoms with E-state index in [2.05, 4.69) is 4.74 Å². The van der Waals surface area contributed by atoms with Gasteiger partial charge < -0.3 is 54.6 Å². The molecule has 1 aromatic carbocycles. The van der Waals surface area contributed by atoms with Crippen molar-refractivity contribution in [3.05, 3.63) is 24.3 Å². The molecule has 6 atom stereocenters. The van der Waals surface area contributed by atoms with Crippen LogP contribution in [-0.2, 0) is 19.0 Å². The number of hydrogen-bond donors (Lipinski definition) is 4. The van der Waals surface area contributed by atoms with Crippen molar-refractivity contribution in [3.63, 3.8) is 0 Å². The fourth-order valence-corrected chi connectivity index (χ4v) is 2.57. The summed E-state index contributed by atoms with van der Waals surface area (Å²) in [6.07, 6.45) is -11.5. The Labute approximate surface area is 193 Å². The van der Waals surface area contributed by atoms with E-state index in [0.29, 0.717) is 11.5 Å². The van der Waals surface area contributed by atoms with Crippen molar-refractivity contribution in [1.29, 1.82) is 0 Å². The van der Waals surface area contributed by atoms with Crippen molar-refractivity contribution in [2.45, 2.75) is 36.8 Å². The van der Waals surface area contributed by atoms with Gasteiger partial charge >= 0.3 is 35.7 Å². The zero-order chi connectivity index (χ0) is 21.6. The maximum absolute atomic E-state index is 11.1. The number of carboxylic acid groups (broad SMARTS) is 1. The Morgan fingerprint density at radius 1 is 1.13 bits per heavy atom. The van der Waals surface area contributed by atoms with Crippen LogP contribution in [0.4, 0.5) is 4.79 Å². The topological polar surface area (TPSA) is 190 Å². The quantitative estimate of drug-likeness (QED) is 0.268.